The Hall–Kier alpha value is -2.56. The average Bonchev–Trinajstić information content (AvgIpc) is 2.97. The number of hydrogen-bond acceptors (Lipinski definition) is 7. The molecule has 2 atom stereocenters. The van der Waals surface area contributed by atoms with E-state index in [0.29, 0.717) is 16.6 Å². The number of aliphatic imine (C=N–C) groups is 1. The van der Waals surface area contributed by atoms with E-state index in [9.17, 15) is 13.2 Å². The summed E-state index contributed by atoms with van der Waals surface area (Å²) in [6, 6.07) is 8.27. The molecule has 10 heteroatoms. The molecule has 2 unspecified atom stereocenters. The van der Waals surface area contributed by atoms with Crippen molar-refractivity contribution in [2.75, 3.05) is 9.80 Å². The van der Waals surface area contributed by atoms with E-state index >= 15 is 0 Å². The lowest BCUT2D eigenvalue weighted by atomic mass is 10.1. The molecule has 0 saturated heterocycles. The van der Waals surface area contributed by atoms with Crippen LogP contribution < -0.4 is 21.3 Å². The molecule has 1 aromatic carbocycles. The molecule has 6 nitrogen and oxygen atoms in total. The number of benzene rings is 1. The van der Waals surface area contributed by atoms with Crippen molar-refractivity contribution in [1.29, 1.82) is 0 Å². The second-order valence-electron chi connectivity index (χ2n) is 7.18. The quantitative estimate of drug-likeness (QED) is 0.746. The maximum Gasteiger partial charge on any atom is 0.433 e. The second kappa shape index (κ2) is 7.29. The molecule has 0 aliphatic carbocycles. The molecule has 2 aliphatic rings. The topological polar surface area (TPSA) is 83.8 Å². The van der Waals surface area contributed by atoms with E-state index < -0.39 is 23.5 Å². The zero-order valence-electron chi connectivity index (χ0n) is 16.6. The predicted molar refractivity (Wildman–Crippen MR) is 114 cm³/mol. The zero-order chi connectivity index (χ0) is 21.8. The SMILES string of the molecule is CC1=NC2=C(C(N)N1c1ccc(C(F)(F)F)nc1)N(c1c(C)cccc1C)C(N)S2. The van der Waals surface area contributed by atoms with Crippen LogP contribution >= 0.6 is 11.8 Å². The number of rotatable bonds is 2. The number of thioether (sulfide) groups is 1. The van der Waals surface area contributed by atoms with Gasteiger partial charge in [0.25, 0.3) is 0 Å². The number of amidine groups is 1. The first-order valence-electron chi connectivity index (χ1n) is 9.25. The molecule has 0 fully saturated rings. The van der Waals surface area contributed by atoms with Gasteiger partial charge >= 0.3 is 6.18 Å². The summed E-state index contributed by atoms with van der Waals surface area (Å²) in [5.41, 5.74) is 15.9. The molecule has 2 aromatic rings. The number of para-hydroxylation sites is 1. The first-order valence-corrected chi connectivity index (χ1v) is 10.1. The number of halogens is 3. The van der Waals surface area contributed by atoms with Crippen molar-refractivity contribution < 1.29 is 13.2 Å². The first kappa shape index (κ1) is 20.7. The number of aromatic nitrogens is 1. The van der Waals surface area contributed by atoms with Gasteiger partial charge in [-0.15, -0.1) is 0 Å². The highest BCUT2D eigenvalue weighted by molar-refractivity contribution is 8.04. The number of nitrogens with zero attached hydrogens (tertiary/aromatic N) is 4. The van der Waals surface area contributed by atoms with Crippen LogP contribution in [0.1, 0.15) is 23.7 Å². The smallest absolute Gasteiger partial charge is 0.314 e. The van der Waals surface area contributed by atoms with Crippen LogP contribution in [0.5, 0.6) is 0 Å². The van der Waals surface area contributed by atoms with Gasteiger partial charge in [0.05, 0.1) is 17.6 Å². The minimum Gasteiger partial charge on any atom is -0.314 e. The highest BCUT2D eigenvalue weighted by atomic mass is 32.2. The molecule has 3 heterocycles. The molecule has 2 aliphatic heterocycles. The van der Waals surface area contributed by atoms with E-state index in [1.807, 2.05) is 36.9 Å². The maximum atomic E-state index is 12.9. The van der Waals surface area contributed by atoms with Gasteiger partial charge in [0.15, 0.2) is 0 Å². The van der Waals surface area contributed by atoms with Gasteiger partial charge in [0, 0.05) is 5.69 Å². The fraction of sp³-hybridized carbons (Fsp3) is 0.300. The van der Waals surface area contributed by atoms with Crippen LogP contribution in [-0.2, 0) is 6.18 Å². The summed E-state index contributed by atoms with van der Waals surface area (Å²) in [7, 11) is 0. The molecule has 0 radical (unpaired) electrons. The standard InChI is InChI=1S/C20H21F3N6S/c1-10-5-4-6-11(2)15(10)29-16-17(24)28(12(3)27-18(16)30-19(29)25)13-7-8-14(26-9-13)20(21,22)23/h4-9,17,19H,24-25H2,1-3H3. The first-order chi connectivity index (χ1) is 14.1. The summed E-state index contributed by atoms with van der Waals surface area (Å²) in [5, 5.41) is 0.714. The van der Waals surface area contributed by atoms with Crippen LogP contribution in [0.25, 0.3) is 0 Å². The zero-order valence-corrected chi connectivity index (χ0v) is 17.4. The van der Waals surface area contributed by atoms with Gasteiger partial charge in [-0.2, -0.15) is 13.2 Å². The summed E-state index contributed by atoms with van der Waals surface area (Å²) in [6.45, 7) is 5.76. The third kappa shape index (κ3) is 3.34. The van der Waals surface area contributed by atoms with Gasteiger partial charge in [-0.05, 0) is 44.0 Å². The van der Waals surface area contributed by atoms with E-state index in [4.69, 9.17) is 11.5 Å². The van der Waals surface area contributed by atoms with Gasteiger partial charge < -0.3 is 21.3 Å². The number of hydrogen-bond donors (Lipinski definition) is 2. The minimum atomic E-state index is -4.50. The summed E-state index contributed by atoms with van der Waals surface area (Å²) >= 11 is 1.41. The molecule has 0 spiro atoms. The summed E-state index contributed by atoms with van der Waals surface area (Å²) < 4.78 is 38.7. The summed E-state index contributed by atoms with van der Waals surface area (Å²) in [6.07, 6.45) is -4.02. The lowest BCUT2D eigenvalue weighted by Crippen LogP contribution is -2.53. The Morgan fingerprint density at radius 2 is 1.67 bits per heavy atom. The largest absolute Gasteiger partial charge is 0.433 e. The van der Waals surface area contributed by atoms with E-state index in [0.717, 1.165) is 28.6 Å². The number of aryl methyl sites for hydroxylation is 2. The number of anilines is 2. The Morgan fingerprint density at radius 3 is 2.23 bits per heavy atom. The average molecular weight is 434 g/mol. The van der Waals surface area contributed by atoms with Gasteiger partial charge in [0.1, 0.15) is 28.2 Å². The van der Waals surface area contributed by atoms with E-state index in [1.165, 1.54) is 24.0 Å². The van der Waals surface area contributed by atoms with Crippen molar-refractivity contribution >= 4 is 29.0 Å². The van der Waals surface area contributed by atoms with Crippen LogP contribution in [0, 0.1) is 13.8 Å². The van der Waals surface area contributed by atoms with Gasteiger partial charge in [-0.1, -0.05) is 30.0 Å². The van der Waals surface area contributed by atoms with Crippen molar-refractivity contribution in [3.05, 3.63) is 64.1 Å². The third-order valence-corrected chi connectivity index (χ3v) is 6.11. The second-order valence-corrected chi connectivity index (χ2v) is 8.29. The van der Waals surface area contributed by atoms with Crippen LogP contribution in [-0.4, -0.2) is 22.5 Å². The van der Waals surface area contributed by atoms with Crippen molar-refractivity contribution in [1.82, 2.24) is 4.98 Å². The van der Waals surface area contributed by atoms with Crippen molar-refractivity contribution in [3.8, 4) is 0 Å². The fourth-order valence-electron chi connectivity index (χ4n) is 3.82. The monoisotopic (exact) mass is 434 g/mol. The fourth-order valence-corrected chi connectivity index (χ4v) is 4.90. The highest BCUT2D eigenvalue weighted by Gasteiger charge is 2.42. The normalized spacial score (nSPS) is 21.8. The Balaban J connectivity index is 1.76. The Bertz CT molecular complexity index is 1030. The molecule has 4 N–H and O–H groups in total. The molecule has 0 amide bonds. The number of pyridine rings is 1. The highest BCUT2D eigenvalue weighted by Crippen LogP contribution is 2.45. The van der Waals surface area contributed by atoms with Crippen molar-refractivity contribution in [2.24, 2.45) is 16.5 Å². The third-order valence-electron chi connectivity index (χ3n) is 5.13. The van der Waals surface area contributed by atoms with Crippen molar-refractivity contribution in [2.45, 2.75) is 38.6 Å². The van der Waals surface area contributed by atoms with Crippen LogP contribution in [0.4, 0.5) is 24.5 Å². The predicted octanol–water partition coefficient (Wildman–Crippen LogP) is 3.91. The Morgan fingerprint density at radius 1 is 1.00 bits per heavy atom. The van der Waals surface area contributed by atoms with Crippen molar-refractivity contribution in [3.63, 3.8) is 0 Å². The van der Waals surface area contributed by atoms with Gasteiger partial charge in [-0.25, -0.2) is 9.98 Å². The minimum absolute atomic E-state index is 0.414. The van der Waals surface area contributed by atoms with Crippen LogP contribution in [0.15, 0.2) is 52.2 Å². The van der Waals surface area contributed by atoms with Crippen LogP contribution in [0.3, 0.4) is 0 Å². The summed E-state index contributed by atoms with van der Waals surface area (Å²) in [4.78, 5) is 11.8. The summed E-state index contributed by atoms with van der Waals surface area (Å²) in [5.74, 6) is 0.561. The van der Waals surface area contributed by atoms with E-state index in [1.54, 1.807) is 11.8 Å². The van der Waals surface area contributed by atoms with Gasteiger partial charge in [-0.3, -0.25) is 0 Å². The molecule has 0 saturated carbocycles. The molecular weight excluding hydrogens is 413 g/mol. The number of alkyl halides is 3. The van der Waals surface area contributed by atoms with Gasteiger partial charge in [0.2, 0.25) is 0 Å². The molecule has 4 rings (SSSR count). The molecule has 30 heavy (non-hydrogen) atoms. The van der Waals surface area contributed by atoms with Crippen LogP contribution in [0.2, 0.25) is 0 Å². The Labute approximate surface area is 176 Å². The maximum absolute atomic E-state index is 12.9. The van der Waals surface area contributed by atoms with E-state index in [-0.39, 0.29) is 0 Å². The molecule has 1 aromatic heterocycles. The van der Waals surface area contributed by atoms with E-state index in [2.05, 4.69) is 9.98 Å². The lowest BCUT2D eigenvalue weighted by Gasteiger charge is -2.38. The lowest BCUT2D eigenvalue weighted by molar-refractivity contribution is -0.141. The molecule has 158 valence electrons. The molecular formula is C20H21F3N6S. The Kier molecular flexibility index (Phi) is 5.03. The number of nitrogens with two attached hydrogens (primary N) is 2. The molecule has 0 bridgehead atoms.